The van der Waals surface area contributed by atoms with Gasteiger partial charge in [0.15, 0.2) is 0 Å². The van der Waals surface area contributed by atoms with Crippen LogP contribution < -0.4 is 4.90 Å². The Morgan fingerprint density at radius 1 is 1.17 bits per heavy atom. The van der Waals surface area contributed by atoms with Gasteiger partial charge >= 0.3 is 0 Å². The molecule has 1 amide bonds. The number of rotatable bonds is 5. The minimum absolute atomic E-state index is 0.149. The van der Waals surface area contributed by atoms with Gasteiger partial charge in [-0.2, -0.15) is 11.3 Å². The summed E-state index contributed by atoms with van der Waals surface area (Å²) in [5.74, 6) is 0.149. The third kappa shape index (κ3) is 4.05. The number of benzene rings is 1. The van der Waals surface area contributed by atoms with E-state index >= 15 is 0 Å². The summed E-state index contributed by atoms with van der Waals surface area (Å²) in [5.41, 5.74) is 3.75. The predicted molar refractivity (Wildman–Crippen MR) is 102 cm³/mol. The van der Waals surface area contributed by atoms with Gasteiger partial charge in [-0.25, -0.2) is 0 Å². The average molecular weight is 343 g/mol. The van der Waals surface area contributed by atoms with Gasteiger partial charge in [-0.3, -0.25) is 9.69 Å². The Labute approximate surface area is 148 Å². The molecule has 1 aliphatic heterocycles. The lowest BCUT2D eigenvalue weighted by molar-refractivity contribution is -0.117. The highest BCUT2D eigenvalue weighted by atomic mass is 32.1. The molecule has 0 atom stereocenters. The molecular weight excluding hydrogens is 316 g/mol. The van der Waals surface area contributed by atoms with E-state index in [1.807, 2.05) is 4.90 Å². The number of thiophene rings is 1. The van der Waals surface area contributed by atoms with Crippen LogP contribution in [0.15, 0.2) is 41.1 Å². The molecule has 0 bridgehead atoms. The summed E-state index contributed by atoms with van der Waals surface area (Å²) in [6.07, 6.45) is 3.11. The highest BCUT2D eigenvalue weighted by Gasteiger charge is 2.27. The second-order valence-corrected chi connectivity index (χ2v) is 7.33. The summed E-state index contributed by atoms with van der Waals surface area (Å²) < 4.78 is 0. The fourth-order valence-corrected chi connectivity index (χ4v) is 4.18. The van der Waals surface area contributed by atoms with Crippen molar-refractivity contribution in [1.82, 2.24) is 4.90 Å². The molecule has 2 heterocycles. The van der Waals surface area contributed by atoms with Crippen LogP contribution in [0.2, 0.25) is 0 Å². The van der Waals surface area contributed by atoms with Crippen LogP contribution in [0.3, 0.4) is 0 Å². The standard InChI is InChI=1S/C20H26N2OS/c1-3-17-4-6-19(7-5-17)22(16(2)23)20-8-11-21(12-9-20)14-18-10-13-24-15-18/h4-7,10,13,15,20H,3,8-9,11-12,14H2,1-2H3. The average Bonchev–Trinajstić information content (AvgIpc) is 3.10. The maximum Gasteiger partial charge on any atom is 0.224 e. The Balaban J connectivity index is 1.64. The van der Waals surface area contributed by atoms with Crippen molar-refractivity contribution in [3.05, 3.63) is 52.2 Å². The number of piperidine rings is 1. The molecule has 0 radical (unpaired) electrons. The number of carbonyl (C=O) groups is 1. The lowest BCUT2D eigenvalue weighted by Crippen LogP contribution is -2.46. The second kappa shape index (κ2) is 7.95. The largest absolute Gasteiger partial charge is 0.310 e. The third-order valence-corrected chi connectivity index (χ3v) is 5.60. The van der Waals surface area contributed by atoms with Gasteiger partial charge in [0.25, 0.3) is 0 Å². The summed E-state index contributed by atoms with van der Waals surface area (Å²) in [7, 11) is 0. The van der Waals surface area contributed by atoms with Gasteiger partial charge in [0.1, 0.15) is 0 Å². The fraction of sp³-hybridized carbons (Fsp3) is 0.450. The molecule has 0 spiro atoms. The van der Waals surface area contributed by atoms with Crippen LogP contribution in [-0.4, -0.2) is 29.9 Å². The van der Waals surface area contributed by atoms with Gasteiger partial charge in [-0.05, 0) is 59.3 Å². The monoisotopic (exact) mass is 342 g/mol. The molecule has 3 rings (SSSR count). The zero-order valence-electron chi connectivity index (χ0n) is 14.6. The van der Waals surface area contributed by atoms with E-state index in [1.54, 1.807) is 18.3 Å². The van der Waals surface area contributed by atoms with Crippen molar-refractivity contribution in [2.45, 2.75) is 45.7 Å². The first-order valence-corrected chi connectivity index (χ1v) is 9.74. The van der Waals surface area contributed by atoms with Crippen LogP contribution in [0.1, 0.15) is 37.8 Å². The minimum atomic E-state index is 0.149. The van der Waals surface area contributed by atoms with Crippen LogP contribution in [0, 0.1) is 0 Å². The third-order valence-electron chi connectivity index (χ3n) is 4.87. The minimum Gasteiger partial charge on any atom is -0.310 e. The number of amides is 1. The lowest BCUT2D eigenvalue weighted by atomic mass is 10.0. The molecule has 1 aliphatic rings. The van der Waals surface area contributed by atoms with Gasteiger partial charge in [-0.1, -0.05) is 19.1 Å². The van der Waals surface area contributed by atoms with Gasteiger partial charge in [-0.15, -0.1) is 0 Å². The molecule has 0 saturated carbocycles. The van der Waals surface area contributed by atoms with E-state index in [0.717, 1.165) is 44.6 Å². The zero-order valence-corrected chi connectivity index (χ0v) is 15.4. The van der Waals surface area contributed by atoms with Crippen LogP contribution >= 0.6 is 11.3 Å². The topological polar surface area (TPSA) is 23.6 Å². The predicted octanol–water partition coefficient (Wildman–Crippen LogP) is 4.33. The SMILES string of the molecule is CCc1ccc(N(C(C)=O)C2CCN(Cc3ccsc3)CC2)cc1. The molecule has 4 heteroatoms. The molecule has 0 unspecified atom stereocenters. The fourth-order valence-electron chi connectivity index (χ4n) is 3.52. The van der Waals surface area contributed by atoms with Crippen LogP contribution in [-0.2, 0) is 17.8 Å². The molecule has 24 heavy (non-hydrogen) atoms. The van der Waals surface area contributed by atoms with E-state index in [0.29, 0.717) is 6.04 Å². The Kier molecular flexibility index (Phi) is 5.69. The molecule has 1 aromatic heterocycles. The Morgan fingerprint density at radius 3 is 2.42 bits per heavy atom. The van der Waals surface area contributed by atoms with E-state index in [-0.39, 0.29) is 5.91 Å². The number of nitrogens with zero attached hydrogens (tertiary/aromatic N) is 2. The first-order valence-electron chi connectivity index (χ1n) is 8.79. The molecule has 0 N–H and O–H groups in total. The maximum atomic E-state index is 12.2. The number of aryl methyl sites for hydroxylation is 1. The quantitative estimate of drug-likeness (QED) is 0.807. The molecule has 0 aliphatic carbocycles. The van der Waals surface area contributed by atoms with E-state index < -0.39 is 0 Å². The highest BCUT2D eigenvalue weighted by Crippen LogP contribution is 2.25. The summed E-state index contributed by atoms with van der Waals surface area (Å²) in [5, 5.41) is 4.36. The van der Waals surface area contributed by atoms with Crippen molar-refractivity contribution in [3.63, 3.8) is 0 Å². The highest BCUT2D eigenvalue weighted by molar-refractivity contribution is 7.07. The zero-order chi connectivity index (χ0) is 16.9. The normalized spacial score (nSPS) is 16.2. The first kappa shape index (κ1) is 17.2. The van der Waals surface area contributed by atoms with Crippen LogP contribution in [0.4, 0.5) is 5.69 Å². The van der Waals surface area contributed by atoms with E-state index in [2.05, 4.69) is 52.9 Å². The molecular formula is C20H26N2OS. The Morgan fingerprint density at radius 2 is 1.88 bits per heavy atom. The van der Waals surface area contributed by atoms with Gasteiger partial charge < -0.3 is 4.90 Å². The number of carbonyl (C=O) groups excluding carboxylic acids is 1. The molecule has 128 valence electrons. The van der Waals surface area contributed by atoms with Crippen LogP contribution in [0.25, 0.3) is 0 Å². The summed E-state index contributed by atoms with van der Waals surface area (Å²) in [6.45, 7) is 6.97. The van der Waals surface area contributed by atoms with Crippen molar-refractivity contribution < 1.29 is 4.79 Å². The number of likely N-dealkylation sites (tertiary alicyclic amines) is 1. The van der Waals surface area contributed by atoms with E-state index in [1.165, 1.54) is 11.1 Å². The van der Waals surface area contributed by atoms with Crippen molar-refractivity contribution >= 4 is 22.9 Å². The number of hydrogen-bond acceptors (Lipinski definition) is 3. The summed E-state index contributed by atoms with van der Waals surface area (Å²) in [4.78, 5) is 16.7. The summed E-state index contributed by atoms with van der Waals surface area (Å²) >= 11 is 1.76. The van der Waals surface area contributed by atoms with E-state index in [4.69, 9.17) is 0 Å². The molecule has 3 nitrogen and oxygen atoms in total. The van der Waals surface area contributed by atoms with Crippen molar-refractivity contribution in [3.8, 4) is 0 Å². The number of anilines is 1. The number of hydrogen-bond donors (Lipinski definition) is 0. The van der Waals surface area contributed by atoms with Crippen molar-refractivity contribution in [1.29, 1.82) is 0 Å². The molecule has 1 aromatic carbocycles. The van der Waals surface area contributed by atoms with Gasteiger partial charge in [0.2, 0.25) is 5.91 Å². The van der Waals surface area contributed by atoms with Gasteiger partial charge in [0, 0.05) is 38.3 Å². The van der Waals surface area contributed by atoms with E-state index in [9.17, 15) is 4.79 Å². The van der Waals surface area contributed by atoms with Crippen molar-refractivity contribution in [2.75, 3.05) is 18.0 Å². The second-order valence-electron chi connectivity index (χ2n) is 6.55. The molecule has 1 fully saturated rings. The smallest absolute Gasteiger partial charge is 0.224 e. The van der Waals surface area contributed by atoms with Gasteiger partial charge in [0.05, 0.1) is 0 Å². The summed E-state index contributed by atoms with van der Waals surface area (Å²) in [6, 6.07) is 11.0. The first-order chi connectivity index (χ1) is 11.7. The lowest BCUT2D eigenvalue weighted by Gasteiger charge is -2.38. The molecule has 2 aromatic rings. The maximum absolute atomic E-state index is 12.2. The molecule has 1 saturated heterocycles. The Bertz CT molecular complexity index is 643. The van der Waals surface area contributed by atoms with Crippen molar-refractivity contribution in [2.24, 2.45) is 0 Å². The van der Waals surface area contributed by atoms with Crippen LogP contribution in [0.5, 0.6) is 0 Å². The Hall–Kier alpha value is -1.65.